The van der Waals surface area contributed by atoms with Gasteiger partial charge in [-0.3, -0.25) is 4.79 Å². The zero-order valence-electron chi connectivity index (χ0n) is 10.8. The molecule has 0 amide bonds. The molecule has 1 unspecified atom stereocenters. The topological polar surface area (TPSA) is 81.8 Å². The Morgan fingerprint density at radius 2 is 1.95 bits per heavy atom. The van der Waals surface area contributed by atoms with Crippen molar-refractivity contribution in [2.45, 2.75) is 12.1 Å². The number of alkyl halides is 3. The molecule has 1 atom stereocenters. The molecule has 0 saturated heterocycles. The first-order chi connectivity index (χ1) is 9.26. The van der Waals surface area contributed by atoms with E-state index in [2.05, 4.69) is 0 Å². The molecular weight excluding hydrogens is 279 g/mol. The molecule has 1 aromatic rings. The van der Waals surface area contributed by atoms with Gasteiger partial charge in [0, 0.05) is 12.1 Å². The molecule has 0 aromatic heterocycles. The minimum atomic E-state index is -4.70. The number of methoxy groups -OCH3 is 2. The predicted molar refractivity (Wildman–Crippen MR) is 64.0 cm³/mol. The van der Waals surface area contributed by atoms with Crippen LogP contribution in [-0.4, -0.2) is 31.8 Å². The summed E-state index contributed by atoms with van der Waals surface area (Å²) >= 11 is 0. The van der Waals surface area contributed by atoms with E-state index in [-0.39, 0.29) is 17.9 Å². The summed E-state index contributed by atoms with van der Waals surface area (Å²) < 4.78 is 48.5. The van der Waals surface area contributed by atoms with Crippen molar-refractivity contribution in [3.05, 3.63) is 23.3 Å². The van der Waals surface area contributed by atoms with Gasteiger partial charge in [0.15, 0.2) is 0 Å². The summed E-state index contributed by atoms with van der Waals surface area (Å²) in [4.78, 5) is 11.1. The lowest BCUT2D eigenvalue weighted by atomic mass is 9.95. The summed E-state index contributed by atoms with van der Waals surface area (Å²) in [7, 11) is 2.22. The van der Waals surface area contributed by atoms with Gasteiger partial charge in [0.25, 0.3) is 0 Å². The van der Waals surface area contributed by atoms with E-state index in [0.29, 0.717) is 0 Å². The summed E-state index contributed by atoms with van der Waals surface area (Å²) in [5.41, 5.74) is 4.05. The summed E-state index contributed by atoms with van der Waals surface area (Å²) in [5, 5.41) is 9.05. The van der Waals surface area contributed by atoms with Gasteiger partial charge in [-0.15, -0.1) is 0 Å². The third kappa shape index (κ3) is 3.13. The lowest BCUT2D eigenvalue weighted by Gasteiger charge is -2.20. The van der Waals surface area contributed by atoms with Gasteiger partial charge in [0.1, 0.15) is 17.1 Å². The second-order valence-electron chi connectivity index (χ2n) is 3.92. The van der Waals surface area contributed by atoms with Crippen LogP contribution in [0.3, 0.4) is 0 Å². The Kier molecular flexibility index (Phi) is 4.83. The number of hydrogen-bond donors (Lipinski definition) is 2. The van der Waals surface area contributed by atoms with E-state index in [1.54, 1.807) is 0 Å². The quantitative estimate of drug-likeness (QED) is 0.865. The SMILES string of the molecule is COc1cc(C(CN)C(=O)O)c(OC)c(C(F)(F)F)c1. The molecule has 1 aromatic carbocycles. The molecule has 8 heteroatoms. The fraction of sp³-hybridized carbons (Fsp3) is 0.417. The van der Waals surface area contributed by atoms with E-state index >= 15 is 0 Å². The van der Waals surface area contributed by atoms with E-state index in [9.17, 15) is 18.0 Å². The first-order valence-electron chi connectivity index (χ1n) is 5.52. The number of carboxylic acid groups (broad SMARTS) is 1. The molecule has 0 saturated carbocycles. The maximum atomic E-state index is 13.0. The molecule has 3 N–H and O–H groups in total. The number of aliphatic carboxylic acids is 1. The Balaban J connectivity index is 3.60. The smallest absolute Gasteiger partial charge is 0.420 e. The van der Waals surface area contributed by atoms with E-state index in [4.69, 9.17) is 20.3 Å². The number of nitrogens with two attached hydrogens (primary N) is 1. The van der Waals surface area contributed by atoms with Crippen LogP contribution in [0, 0.1) is 0 Å². The molecule has 0 bridgehead atoms. The lowest BCUT2D eigenvalue weighted by molar-refractivity contribution is -0.140. The zero-order valence-corrected chi connectivity index (χ0v) is 10.8. The minimum absolute atomic E-state index is 0.118. The normalized spacial score (nSPS) is 12.9. The van der Waals surface area contributed by atoms with Crippen molar-refractivity contribution in [2.75, 3.05) is 20.8 Å². The number of halogens is 3. The van der Waals surface area contributed by atoms with Gasteiger partial charge in [0.05, 0.1) is 20.1 Å². The van der Waals surface area contributed by atoms with Crippen molar-refractivity contribution < 1.29 is 32.5 Å². The molecule has 112 valence electrons. The Hall–Kier alpha value is -1.96. The predicted octanol–water partition coefficient (Wildman–Crippen LogP) is 1.85. The van der Waals surface area contributed by atoms with Gasteiger partial charge < -0.3 is 20.3 Å². The second-order valence-corrected chi connectivity index (χ2v) is 3.92. The third-order valence-corrected chi connectivity index (χ3v) is 2.75. The third-order valence-electron chi connectivity index (χ3n) is 2.75. The van der Waals surface area contributed by atoms with Crippen LogP contribution >= 0.6 is 0 Å². The summed E-state index contributed by atoms with van der Waals surface area (Å²) in [6.45, 7) is -0.365. The number of carboxylic acids is 1. The average molecular weight is 293 g/mol. The van der Waals surface area contributed by atoms with Crippen molar-refractivity contribution in [1.82, 2.24) is 0 Å². The molecule has 0 aliphatic heterocycles. The van der Waals surface area contributed by atoms with Crippen LogP contribution in [0.5, 0.6) is 11.5 Å². The molecular formula is C12H14F3NO4. The van der Waals surface area contributed by atoms with Crippen molar-refractivity contribution in [3.8, 4) is 11.5 Å². The maximum absolute atomic E-state index is 13.0. The number of benzene rings is 1. The Morgan fingerprint density at radius 3 is 2.30 bits per heavy atom. The number of carbonyl (C=O) groups is 1. The molecule has 0 fully saturated rings. The maximum Gasteiger partial charge on any atom is 0.420 e. The van der Waals surface area contributed by atoms with Crippen molar-refractivity contribution in [1.29, 1.82) is 0 Å². The van der Waals surface area contributed by atoms with Gasteiger partial charge in [-0.25, -0.2) is 0 Å². The summed E-state index contributed by atoms with van der Waals surface area (Å²) in [6, 6.07) is 1.93. The fourth-order valence-electron chi connectivity index (χ4n) is 1.80. The highest BCUT2D eigenvalue weighted by atomic mass is 19.4. The second kappa shape index (κ2) is 6.00. The molecule has 0 radical (unpaired) electrons. The van der Waals surface area contributed by atoms with Gasteiger partial charge in [-0.2, -0.15) is 13.2 Å². The highest BCUT2D eigenvalue weighted by Gasteiger charge is 2.38. The molecule has 0 heterocycles. The zero-order chi connectivity index (χ0) is 15.5. The van der Waals surface area contributed by atoms with E-state index in [0.717, 1.165) is 13.2 Å². The molecule has 0 spiro atoms. The lowest BCUT2D eigenvalue weighted by Crippen LogP contribution is -2.23. The van der Waals surface area contributed by atoms with Crippen molar-refractivity contribution >= 4 is 5.97 Å². The largest absolute Gasteiger partial charge is 0.497 e. The molecule has 0 aliphatic rings. The summed E-state index contributed by atoms with van der Waals surface area (Å²) in [5.74, 6) is -3.34. The van der Waals surface area contributed by atoms with Crippen LogP contribution in [0.25, 0.3) is 0 Å². The van der Waals surface area contributed by atoms with Crippen LogP contribution in [0.1, 0.15) is 17.0 Å². The molecule has 5 nitrogen and oxygen atoms in total. The van der Waals surface area contributed by atoms with Crippen LogP contribution in [0.4, 0.5) is 13.2 Å². The highest BCUT2D eigenvalue weighted by Crippen LogP contribution is 2.43. The monoisotopic (exact) mass is 293 g/mol. The van der Waals surface area contributed by atoms with E-state index < -0.39 is 29.4 Å². The minimum Gasteiger partial charge on any atom is -0.497 e. The molecule has 1 rings (SSSR count). The first kappa shape index (κ1) is 16.1. The van der Waals surface area contributed by atoms with Gasteiger partial charge in [-0.05, 0) is 12.1 Å². The number of ether oxygens (including phenoxy) is 2. The standard InChI is InChI=1S/C12H14F3NO4/c1-19-6-3-7(8(5-16)11(17)18)10(20-2)9(4-6)12(13,14)15/h3-4,8H,5,16H2,1-2H3,(H,17,18). The Morgan fingerprint density at radius 1 is 1.35 bits per heavy atom. The van der Waals surface area contributed by atoms with Gasteiger partial charge in [-0.1, -0.05) is 0 Å². The van der Waals surface area contributed by atoms with Crippen LogP contribution in [-0.2, 0) is 11.0 Å². The van der Waals surface area contributed by atoms with Crippen LogP contribution in [0.2, 0.25) is 0 Å². The number of hydrogen-bond acceptors (Lipinski definition) is 4. The van der Waals surface area contributed by atoms with E-state index in [1.807, 2.05) is 0 Å². The first-order valence-corrected chi connectivity index (χ1v) is 5.52. The Labute approximate surface area is 113 Å². The van der Waals surface area contributed by atoms with Gasteiger partial charge in [0.2, 0.25) is 0 Å². The van der Waals surface area contributed by atoms with E-state index in [1.165, 1.54) is 13.2 Å². The Bertz CT molecular complexity index is 502. The average Bonchev–Trinajstić information content (AvgIpc) is 2.37. The summed E-state index contributed by atoms with van der Waals surface area (Å²) in [6.07, 6.45) is -4.70. The van der Waals surface area contributed by atoms with Crippen LogP contribution in [0.15, 0.2) is 12.1 Å². The molecule has 0 aliphatic carbocycles. The molecule has 20 heavy (non-hydrogen) atoms. The van der Waals surface area contributed by atoms with Gasteiger partial charge >= 0.3 is 12.1 Å². The fourth-order valence-corrected chi connectivity index (χ4v) is 1.80. The van der Waals surface area contributed by atoms with Crippen LogP contribution < -0.4 is 15.2 Å². The van der Waals surface area contributed by atoms with Crippen molar-refractivity contribution in [3.63, 3.8) is 0 Å². The number of rotatable bonds is 5. The highest BCUT2D eigenvalue weighted by molar-refractivity contribution is 5.78. The van der Waals surface area contributed by atoms with Crippen molar-refractivity contribution in [2.24, 2.45) is 5.73 Å².